The fourth-order valence-electron chi connectivity index (χ4n) is 4.19. The first-order valence-corrected chi connectivity index (χ1v) is 10.8. The molecule has 35 heavy (non-hydrogen) atoms. The van der Waals surface area contributed by atoms with Crippen LogP contribution >= 0.6 is 0 Å². The van der Waals surface area contributed by atoms with Gasteiger partial charge in [0.25, 0.3) is 17.3 Å². The lowest BCUT2D eigenvalue weighted by Gasteiger charge is -2.36. The number of carbonyl (C=O) groups is 3. The van der Waals surface area contributed by atoms with Gasteiger partial charge >= 0.3 is 6.03 Å². The van der Waals surface area contributed by atoms with E-state index in [0.717, 1.165) is 10.6 Å². The average molecular weight is 482 g/mol. The highest BCUT2D eigenvalue weighted by Crippen LogP contribution is 2.30. The minimum atomic E-state index is -1.44. The molecule has 0 bridgehead atoms. The third kappa shape index (κ3) is 4.47. The molecule has 2 aromatic carbocycles. The molecule has 2 heterocycles. The van der Waals surface area contributed by atoms with Crippen LogP contribution in [0.2, 0.25) is 0 Å². The quantitative estimate of drug-likeness (QED) is 0.369. The molecule has 4 amide bonds. The number of amides is 4. The van der Waals surface area contributed by atoms with Crippen LogP contribution < -0.4 is 10.2 Å². The number of piperazine rings is 1. The Hall–Kier alpha value is -4.55. The molecule has 1 atom stereocenters. The highest BCUT2D eigenvalue weighted by Gasteiger charge is 2.49. The third-order valence-electron chi connectivity index (χ3n) is 6.28. The predicted molar refractivity (Wildman–Crippen MR) is 123 cm³/mol. The van der Waals surface area contributed by atoms with Crippen molar-refractivity contribution in [2.75, 3.05) is 37.6 Å². The van der Waals surface area contributed by atoms with E-state index >= 15 is 0 Å². The summed E-state index contributed by atoms with van der Waals surface area (Å²) in [6.07, 6.45) is 0. The van der Waals surface area contributed by atoms with Gasteiger partial charge in [0, 0.05) is 56.1 Å². The molecule has 0 radical (unpaired) electrons. The van der Waals surface area contributed by atoms with E-state index in [1.807, 2.05) is 4.90 Å². The lowest BCUT2D eigenvalue weighted by molar-refractivity contribution is -0.385. The van der Waals surface area contributed by atoms with Crippen molar-refractivity contribution in [2.24, 2.45) is 0 Å². The van der Waals surface area contributed by atoms with Gasteiger partial charge in [0.2, 0.25) is 5.91 Å². The highest BCUT2D eigenvalue weighted by atomic mass is 16.6. The van der Waals surface area contributed by atoms with Crippen LogP contribution in [0.5, 0.6) is 0 Å². The lowest BCUT2D eigenvalue weighted by Crippen LogP contribution is -2.52. The Morgan fingerprint density at radius 3 is 1.94 bits per heavy atom. The molecule has 4 rings (SSSR count). The van der Waals surface area contributed by atoms with Crippen LogP contribution in [-0.2, 0) is 15.1 Å². The number of anilines is 1. The Balaban J connectivity index is 1.37. The molecule has 182 valence electrons. The Kier molecular flexibility index (Phi) is 6.07. The smallest absolute Gasteiger partial charge is 0.325 e. The molecule has 13 heteroatoms. The molecule has 13 nitrogen and oxygen atoms in total. The summed E-state index contributed by atoms with van der Waals surface area (Å²) in [6.45, 7) is 2.76. The van der Waals surface area contributed by atoms with E-state index in [1.54, 1.807) is 17.0 Å². The Labute approximate surface area is 199 Å². The maximum Gasteiger partial charge on any atom is 0.325 e. The van der Waals surface area contributed by atoms with Gasteiger partial charge in [-0.15, -0.1) is 0 Å². The molecule has 2 aromatic rings. The third-order valence-corrected chi connectivity index (χ3v) is 6.28. The Morgan fingerprint density at radius 1 is 0.914 bits per heavy atom. The van der Waals surface area contributed by atoms with Gasteiger partial charge in [-0.3, -0.25) is 34.7 Å². The fourth-order valence-corrected chi connectivity index (χ4v) is 4.19. The first kappa shape index (κ1) is 23.6. The molecule has 0 aromatic heterocycles. The number of urea groups is 1. The molecule has 2 fully saturated rings. The zero-order valence-electron chi connectivity index (χ0n) is 18.7. The van der Waals surface area contributed by atoms with Gasteiger partial charge in [0.05, 0.1) is 9.85 Å². The van der Waals surface area contributed by atoms with Gasteiger partial charge < -0.3 is 15.1 Å². The van der Waals surface area contributed by atoms with E-state index in [-0.39, 0.29) is 17.3 Å². The number of nitro benzene ring substituents is 2. The van der Waals surface area contributed by atoms with E-state index in [4.69, 9.17) is 0 Å². The molecule has 2 aliphatic rings. The van der Waals surface area contributed by atoms with Crippen molar-refractivity contribution in [1.29, 1.82) is 0 Å². The van der Waals surface area contributed by atoms with E-state index in [0.29, 0.717) is 31.7 Å². The molecular weight excluding hydrogens is 460 g/mol. The summed E-state index contributed by atoms with van der Waals surface area (Å²) in [5.41, 5.74) is -0.421. The summed E-state index contributed by atoms with van der Waals surface area (Å²) in [6, 6.07) is 10.7. The first-order valence-electron chi connectivity index (χ1n) is 10.8. The van der Waals surface area contributed by atoms with Crippen LogP contribution in [0.25, 0.3) is 0 Å². The average Bonchev–Trinajstić information content (AvgIpc) is 3.08. The van der Waals surface area contributed by atoms with E-state index in [1.165, 1.54) is 43.3 Å². The van der Waals surface area contributed by atoms with Crippen LogP contribution in [0.1, 0.15) is 12.5 Å². The minimum absolute atomic E-state index is 0.00292. The number of rotatable bonds is 6. The van der Waals surface area contributed by atoms with Crippen molar-refractivity contribution < 1.29 is 24.2 Å². The number of imide groups is 1. The molecule has 1 N–H and O–H groups in total. The maximum atomic E-state index is 13.1. The molecule has 0 saturated carbocycles. The molecule has 2 saturated heterocycles. The van der Waals surface area contributed by atoms with Crippen LogP contribution in [0.3, 0.4) is 0 Å². The van der Waals surface area contributed by atoms with Gasteiger partial charge in [0.1, 0.15) is 12.1 Å². The predicted octanol–water partition coefficient (Wildman–Crippen LogP) is 1.62. The summed E-state index contributed by atoms with van der Waals surface area (Å²) in [7, 11) is 0. The number of nitrogens with one attached hydrogen (secondary N) is 1. The maximum absolute atomic E-state index is 13.1. The zero-order valence-corrected chi connectivity index (χ0v) is 18.7. The molecule has 1 unspecified atom stereocenters. The van der Waals surface area contributed by atoms with Gasteiger partial charge in [-0.2, -0.15) is 0 Å². The Bertz CT molecular complexity index is 1190. The van der Waals surface area contributed by atoms with Crippen molar-refractivity contribution >= 4 is 34.9 Å². The number of non-ortho nitro benzene ring substituents is 2. The van der Waals surface area contributed by atoms with Crippen LogP contribution in [0, 0.1) is 20.2 Å². The lowest BCUT2D eigenvalue weighted by atomic mass is 9.92. The summed E-state index contributed by atoms with van der Waals surface area (Å²) in [5.74, 6) is -1.00. The first-order chi connectivity index (χ1) is 16.6. The van der Waals surface area contributed by atoms with Gasteiger partial charge in [-0.05, 0) is 36.8 Å². The highest BCUT2D eigenvalue weighted by molar-refractivity contribution is 6.09. The van der Waals surface area contributed by atoms with Crippen molar-refractivity contribution in [3.8, 4) is 0 Å². The number of carbonyl (C=O) groups excluding carboxylic acids is 3. The zero-order chi connectivity index (χ0) is 25.3. The summed E-state index contributed by atoms with van der Waals surface area (Å²) in [4.78, 5) is 63.5. The van der Waals surface area contributed by atoms with Crippen LogP contribution in [0.15, 0.2) is 48.5 Å². The van der Waals surface area contributed by atoms with Crippen molar-refractivity contribution in [1.82, 2.24) is 15.1 Å². The SMILES string of the molecule is CC1(c2ccc([N+](=O)[O-])cc2)NC(=O)N(CC(=O)N2CCN(c3ccc([N+](=O)[O-])cc3)CC2)C1=O. The second-order valence-electron chi connectivity index (χ2n) is 8.39. The summed E-state index contributed by atoms with van der Waals surface area (Å²) >= 11 is 0. The van der Waals surface area contributed by atoms with E-state index < -0.39 is 33.9 Å². The summed E-state index contributed by atoms with van der Waals surface area (Å²) < 4.78 is 0. The van der Waals surface area contributed by atoms with Crippen molar-refractivity contribution in [3.63, 3.8) is 0 Å². The number of hydrogen-bond acceptors (Lipinski definition) is 8. The van der Waals surface area contributed by atoms with Crippen molar-refractivity contribution in [3.05, 3.63) is 74.3 Å². The molecule has 0 spiro atoms. The van der Waals surface area contributed by atoms with Gasteiger partial charge in [-0.1, -0.05) is 0 Å². The fraction of sp³-hybridized carbons (Fsp3) is 0.318. The van der Waals surface area contributed by atoms with Gasteiger partial charge in [0.15, 0.2) is 0 Å². The second kappa shape index (κ2) is 9.00. The number of nitrogens with zero attached hydrogens (tertiary/aromatic N) is 5. The molecular formula is C22H22N6O7. The second-order valence-corrected chi connectivity index (χ2v) is 8.39. The molecule has 2 aliphatic heterocycles. The largest absolute Gasteiger partial charge is 0.368 e. The van der Waals surface area contributed by atoms with Crippen LogP contribution in [0.4, 0.5) is 21.9 Å². The van der Waals surface area contributed by atoms with Gasteiger partial charge in [-0.25, -0.2) is 4.79 Å². The Morgan fingerprint density at radius 2 is 1.43 bits per heavy atom. The van der Waals surface area contributed by atoms with E-state index in [2.05, 4.69) is 5.32 Å². The minimum Gasteiger partial charge on any atom is -0.368 e. The van der Waals surface area contributed by atoms with Crippen molar-refractivity contribution in [2.45, 2.75) is 12.5 Å². The molecule has 0 aliphatic carbocycles. The van der Waals surface area contributed by atoms with Crippen LogP contribution in [-0.4, -0.2) is 70.2 Å². The number of benzene rings is 2. The summed E-state index contributed by atoms with van der Waals surface area (Å²) in [5, 5.41) is 24.3. The number of nitro groups is 2. The monoisotopic (exact) mass is 482 g/mol. The topological polar surface area (TPSA) is 159 Å². The number of hydrogen-bond donors (Lipinski definition) is 1. The standard InChI is InChI=1S/C22H22N6O7/c1-22(15-2-4-17(5-3-15)27(32)33)20(30)26(21(31)23-22)14-19(29)25-12-10-24(11-13-25)16-6-8-18(9-7-16)28(34)35/h2-9H,10-14H2,1H3,(H,23,31). The van der Waals surface area contributed by atoms with E-state index in [9.17, 15) is 34.6 Å². The normalized spacial score (nSPS) is 20.1.